The first-order chi connectivity index (χ1) is 15.4. The predicted octanol–water partition coefficient (Wildman–Crippen LogP) is 5.79. The Morgan fingerprint density at radius 1 is 0.938 bits per heavy atom. The molecular formula is C25H22N4O3. The van der Waals surface area contributed by atoms with Gasteiger partial charge in [-0.2, -0.15) is 5.10 Å². The molecule has 0 fully saturated rings. The van der Waals surface area contributed by atoms with Gasteiger partial charge in [0.2, 0.25) is 0 Å². The molecule has 2 aromatic carbocycles. The van der Waals surface area contributed by atoms with Crippen molar-refractivity contribution in [2.24, 2.45) is 0 Å². The number of ether oxygens (including phenoxy) is 1. The van der Waals surface area contributed by atoms with E-state index in [4.69, 9.17) is 9.84 Å². The number of benzene rings is 2. The fourth-order valence-corrected chi connectivity index (χ4v) is 4.60. The van der Waals surface area contributed by atoms with Crippen LogP contribution >= 0.6 is 0 Å². The monoisotopic (exact) mass is 426 g/mol. The van der Waals surface area contributed by atoms with Crippen molar-refractivity contribution in [3.8, 4) is 22.6 Å². The van der Waals surface area contributed by atoms with Gasteiger partial charge in [0.25, 0.3) is 5.69 Å². The van der Waals surface area contributed by atoms with Crippen LogP contribution < -0.4 is 4.74 Å². The summed E-state index contributed by atoms with van der Waals surface area (Å²) in [6.45, 7) is 6.23. The summed E-state index contributed by atoms with van der Waals surface area (Å²) in [5.41, 5.74) is 6.95. The van der Waals surface area contributed by atoms with Crippen LogP contribution in [0.1, 0.15) is 17.1 Å². The zero-order valence-corrected chi connectivity index (χ0v) is 18.3. The van der Waals surface area contributed by atoms with E-state index in [1.165, 1.54) is 6.07 Å². The van der Waals surface area contributed by atoms with Crippen molar-refractivity contribution >= 4 is 22.0 Å². The first-order valence-electron chi connectivity index (χ1n) is 10.3. The number of hydrogen-bond donors (Lipinski definition) is 0. The molecule has 0 radical (unpaired) electrons. The highest BCUT2D eigenvalue weighted by Gasteiger charge is 2.20. The summed E-state index contributed by atoms with van der Waals surface area (Å²) in [5.74, 6) is 0.814. The number of methoxy groups -OCH3 is 1. The standard InChI is InChI=1S/C25H22N4O3/c1-15-24-16(2)28(20-8-10-22(32-4)11-9-20)17(3)25(24)23-13-19(14-27(23)26-15)18-6-5-7-21(12-18)29(30)31/h5-14H,1-4H3. The van der Waals surface area contributed by atoms with Crippen LogP contribution in [0.2, 0.25) is 0 Å². The van der Waals surface area contributed by atoms with Crippen molar-refractivity contribution in [2.75, 3.05) is 7.11 Å². The van der Waals surface area contributed by atoms with Crippen molar-refractivity contribution < 1.29 is 9.66 Å². The second-order valence-electron chi connectivity index (χ2n) is 7.91. The summed E-state index contributed by atoms with van der Waals surface area (Å²) < 4.78 is 9.41. The Kier molecular flexibility index (Phi) is 4.48. The molecule has 0 N–H and O–H groups in total. The second kappa shape index (κ2) is 7.23. The van der Waals surface area contributed by atoms with Crippen LogP contribution in [0.15, 0.2) is 60.8 Å². The van der Waals surface area contributed by atoms with E-state index in [0.29, 0.717) is 0 Å². The quantitative estimate of drug-likeness (QED) is 0.269. The van der Waals surface area contributed by atoms with Crippen LogP contribution in [-0.4, -0.2) is 26.2 Å². The van der Waals surface area contributed by atoms with Gasteiger partial charge in [-0.1, -0.05) is 12.1 Å². The Hall–Kier alpha value is -4.13. The zero-order valence-electron chi connectivity index (χ0n) is 18.3. The lowest BCUT2D eigenvalue weighted by Gasteiger charge is -2.10. The number of hydrogen-bond acceptors (Lipinski definition) is 4. The highest BCUT2D eigenvalue weighted by atomic mass is 16.6. The van der Waals surface area contributed by atoms with Crippen LogP contribution in [0.3, 0.4) is 0 Å². The maximum absolute atomic E-state index is 11.2. The topological polar surface area (TPSA) is 74.6 Å². The van der Waals surface area contributed by atoms with Gasteiger partial charge in [-0.05, 0) is 56.7 Å². The summed E-state index contributed by atoms with van der Waals surface area (Å²) in [7, 11) is 1.66. The molecule has 5 rings (SSSR count). The molecule has 0 spiro atoms. The lowest BCUT2D eigenvalue weighted by atomic mass is 10.1. The van der Waals surface area contributed by atoms with Crippen molar-refractivity contribution in [3.05, 3.63) is 88.0 Å². The maximum Gasteiger partial charge on any atom is 0.270 e. The molecule has 5 aromatic rings. The Bertz CT molecular complexity index is 1510. The summed E-state index contributed by atoms with van der Waals surface area (Å²) in [6, 6.07) is 16.7. The lowest BCUT2D eigenvalue weighted by molar-refractivity contribution is -0.384. The largest absolute Gasteiger partial charge is 0.497 e. The molecule has 3 aromatic heterocycles. The Balaban J connectivity index is 1.76. The molecule has 7 nitrogen and oxygen atoms in total. The smallest absolute Gasteiger partial charge is 0.270 e. The Labute approximate surface area is 184 Å². The summed E-state index contributed by atoms with van der Waals surface area (Å²) >= 11 is 0. The van der Waals surface area contributed by atoms with Crippen LogP contribution in [0.25, 0.3) is 33.1 Å². The van der Waals surface area contributed by atoms with Gasteiger partial charge in [-0.15, -0.1) is 0 Å². The van der Waals surface area contributed by atoms with Gasteiger partial charge in [0.15, 0.2) is 0 Å². The second-order valence-corrected chi connectivity index (χ2v) is 7.91. The molecule has 0 saturated heterocycles. The van der Waals surface area contributed by atoms with Crippen molar-refractivity contribution in [2.45, 2.75) is 20.8 Å². The van der Waals surface area contributed by atoms with Crippen LogP contribution in [-0.2, 0) is 0 Å². The highest BCUT2D eigenvalue weighted by Crippen LogP contribution is 2.36. The number of aryl methyl sites for hydroxylation is 3. The van der Waals surface area contributed by atoms with Gasteiger partial charge in [-0.3, -0.25) is 10.1 Å². The third kappa shape index (κ3) is 2.93. The summed E-state index contributed by atoms with van der Waals surface area (Å²) in [5, 5.41) is 18.3. The summed E-state index contributed by atoms with van der Waals surface area (Å²) in [6.07, 6.45) is 1.93. The lowest BCUT2D eigenvalue weighted by Crippen LogP contribution is -1.98. The van der Waals surface area contributed by atoms with Gasteiger partial charge in [0, 0.05) is 51.7 Å². The summed E-state index contributed by atoms with van der Waals surface area (Å²) in [4.78, 5) is 10.8. The predicted molar refractivity (Wildman–Crippen MR) is 125 cm³/mol. The van der Waals surface area contributed by atoms with Gasteiger partial charge in [-0.25, -0.2) is 4.52 Å². The molecule has 0 saturated carbocycles. The Morgan fingerprint density at radius 2 is 1.66 bits per heavy atom. The van der Waals surface area contributed by atoms with Gasteiger partial charge in [0.1, 0.15) is 5.75 Å². The fraction of sp³-hybridized carbons (Fsp3) is 0.160. The van der Waals surface area contributed by atoms with Crippen LogP contribution in [0.5, 0.6) is 5.75 Å². The highest BCUT2D eigenvalue weighted by molar-refractivity contribution is 6.03. The first-order valence-corrected chi connectivity index (χ1v) is 10.3. The molecule has 0 aliphatic heterocycles. The average Bonchev–Trinajstić information content (AvgIpc) is 3.33. The number of nitrogens with zero attached hydrogens (tertiary/aromatic N) is 4. The van der Waals surface area contributed by atoms with E-state index in [-0.39, 0.29) is 10.6 Å². The van der Waals surface area contributed by atoms with E-state index in [1.54, 1.807) is 19.2 Å². The third-order valence-corrected chi connectivity index (χ3v) is 6.04. The Morgan fingerprint density at radius 3 is 2.34 bits per heavy atom. The molecular weight excluding hydrogens is 404 g/mol. The van der Waals surface area contributed by atoms with Crippen molar-refractivity contribution in [3.63, 3.8) is 0 Å². The van der Waals surface area contributed by atoms with Gasteiger partial charge in [0.05, 0.1) is 23.2 Å². The molecule has 0 aliphatic carbocycles. The number of non-ortho nitro benzene ring substituents is 1. The van der Waals surface area contributed by atoms with Crippen molar-refractivity contribution in [1.82, 2.24) is 14.2 Å². The molecule has 0 aliphatic rings. The third-order valence-electron chi connectivity index (χ3n) is 6.04. The van der Waals surface area contributed by atoms with E-state index in [1.807, 2.05) is 48.0 Å². The van der Waals surface area contributed by atoms with Crippen molar-refractivity contribution in [1.29, 1.82) is 0 Å². The SMILES string of the molecule is COc1ccc(-n2c(C)c3c(C)nn4cc(-c5cccc([N+](=O)[O-])c5)cc4c3c2C)cc1. The van der Waals surface area contributed by atoms with Crippen LogP contribution in [0.4, 0.5) is 5.69 Å². The van der Waals surface area contributed by atoms with Crippen LogP contribution in [0, 0.1) is 30.9 Å². The van der Waals surface area contributed by atoms with E-state index < -0.39 is 0 Å². The molecule has 7 heteroatoms. The number of nitro groups is 1. The molecule has 32 heavy (non-hydrogen) atoms. The number of fused-ring (bicyclic) bond motifs is 3. The van der Waals surface area contributed by atoms with E-state index in [9.17, 15) is 10.1 Å². The molecule has 0 bridgehead atoms. The first kappa shape index (κ1) is 19.8. The fourth-order valence-electron chi connectivity index (χ4n) is 4.60. The maximum atomic E-state index is 11.2. The molecule has 0 unspecified atom stereocenters. The molecule has 3 heterocycles. The van der Waals surface area contributed by atoms with Gasteiger partial charge < -0.3 is 9.30 Å². The molecule has 0 atom stereocenters. The van der Waals surface area contributed by atoms with E-state index >= 15 is 0 Å². The minimum absolute atomic E-state index is 0.0738. The number of rotatable bonds is 4. The number of nitro benzene ring substituents is 1. The van der Waals surface area contributed by atoms with Gasteiger partial charge >= 0.3 is 0 Å². The molecule has 160 valence electrons. The minimum atomic E-state index is -0.373. The normalized spacial score (nSPS) is 11.4. The minimum Gasteiger partial charge on any atom is -0.497 e. The molecule has 0 amide bonds. The van der Waals surface area contributed by atoms with E-state index in [2.05, 4.69) is 24.5 Å². The van der Waals surface area contributed by atoms with E-state index in [0.717, 1.165) is 55.9 Å². The average molecular weight is 426 g/mol. The zero-order chi connectivity index (χ0) is 22.6. The number of aromatic nitrogens is 3.